The molecular weight excluding hydrogens is 198 g/mol. The molecule has 16 heavy (non-hydrogen) atoms. The van der Waals surface area contributed by atoms with Gasteiger partial charge in [0.1, 0.15) is 5.76 Å². The molecule has 0 saturated heterocycles. The molecule has 0 amide bonds. The number of furan rings is 1. The second-order valence-electron chi connectivity index (χ2n) is 3.70. The topological polar surface area (TPSA) is 16.4 Å². The number of benzene rings is 1. The zero-order valence-electron chi connectivity index (χ0n) is 9.81. The Balaban J connectivity index is 2.22. The number of nitrogens with zero attached hydrogens (tertiary/aromatic N) is 1. The van der Waals surface area contributed by atoms with Gasteiger partial charge in [0.25, 0.3) is 0 Å². The second-order valence-corrected chi connectivity index (χ2v) is 3.70. The van der Waals surface area contributed by atoms with E-state index >= 15 is 0 Å². The minimum Gasteiger partial charge on any atom is -0.464 e. The quantitative estimate of drug-likeness (QED) is 0.771. The average Bonchev–Trinajstić information content (AvgIpc) is 2.85. The molecule has 0 radical (unpaired) electrons. The third kappa shape index (κ3) is 2.11. The van der Waals surface area contributed by atoms with E-state index in [0.29, 0.717) is 0 Å². The molecule has 84 valence electrons. The number of hydrogen-bond acceptors (Lipinski definition) is 2. The predicted octanol–water partition coefficient (Wildman–Crippen LogP) is 3.79. The molecule has 0 spiro atoms. The van der Waals surface area contributed by atoms with Crippen molar-refractivity contribution in [2.45, 2.75) is 13.8 Å². The van der Waals surface area contributed by atoms with Gasteiger partial charge in [-0.3, -0.25) is 0 Å². The Hall–Kier alpha value is -1.70. The van der Waals surface area contributed by atoms with Gasteiger partial charge < -0.3 is 9.32 Å². The van der Waals surface area contributed by atoms with Crippen molar-refractivity contribution in [3.05, 3.63) is 42.7 Å². The standard InChI is InChI=1S/C14H17NO/c1-3-15(4-2)13-9-7-12(8-10-13)14-6-5-11-16-14/h5-11H,3-4H2,1-2H3. The van der Waals surface area contributed by atoms with Crippen molar-refractivity contribution >= 4 is 5.69 Å². The monoisotopic (exact) mass is 215 g/mol. The van der Waals surface area contributed by atoms with Crippen LogP contribution in [0, 0.1) is 0 Å². The van der Waals surface area contributed by atoms with E-state index in [0.717, 1.165) is 24.4 Å². The summed E-state index contributed by atoms with van der Waals surface area (Å²) in [5.41, 5.74) is 2.39. The van der Waals surface area contributed by atoms with Crippen molar-refractivity contribution < 1.29 is 4.42 Å². The lowest BCUT2D eigenvalue weighted by molar-refractivity contribution is 0.582. The van der Waals surface area contributed by atoms with Crippen LogP contribution >= 0.6 is 0 Å². The molecule has 0 aliphatic rings. The Bertz CT molecular complexity index is 413. The van der Waals surface area contributed by atoms with E-state index in [9.17, 15) is 0 Å². The maximum absolute atomic E-state index is 5.36. The third-order valence-corrected chi connectivity index (χ3v) is 2.80. The van der Waals surface area contributed by atoms with E-state index in [-0.39, 0.29) is 0 Å². The first kappa shape index (κ1) is 10.8. The first-order valence-corrected chi connectivity index (χ1v) is 5.74. The summed E-state index contributed by atoms with van der Waals surface area (Å²) in [7, 11) is 0. The molecule has 0 saturated carbocycles. The fraction of sp³-hybridized carbons (Fsp3) is 0.286. The van der Waals surface area contributed by atoms with Crippen molar-refractivity contribution in [2.24, 2.45) is 0 Å². The first-order chi connectivity index (χ1) is 7.85. The Morgan fingerprint density at radius 1 is 1.00 bits per heavy atom. The summed E-state index contributed by atoms with van der Waals surface area (Å²) in [6.45, 7) is 6.42. The number of anilines is 1. The highest BCUT2D eigenvalue weighted by Crippen LogP contribution is 2.23. The van der Waals surface area contributed by atoms with E-state index in [4.69, 9.17) is 4.42 Å². The zero-order valence-corrected chi connectivity index (χ0v) is 9.81. The van der Waals surface area contributed by atoms with Gasteiger partial charge in [-0.05, 0) is 50.2 Å². The van der Waals surface area contributed by atoms with Crippen LogP contribution < -0.4 is 4.90 Å². The summed E-state index contributed by atoms with van der Waals surface area (Å²) in [6, 6.07) is 12.4. The summed E-state index contributed by atoms with van der Waals surface area (Å²) in [5, 5.41) is 0. The van der Waals surface area contributed by atoms with E-state index in [2.05, 4.69) is 43.0 Å². The Labute approximate surface area is 96.5 Å². The van der Waals surface area contributed by atoms with Crippen molar-refractivity contribution in [1.29, 1.82) is 0 Å². The Morgan fingerprint density at radius 2 is 1.69 bits per heavy atom. The van der Waals surface area contributed by atoms with Crippen LogP contribution in [0.15, 0.2) is 47.1 Å². The van der Waals surface area contributed by atoms with Crippen LogP contribution in [0.2, 0.25) is 0 Å². The molecular formula is C14H17NO. The molecule has 0 atom stereocenters. The molecule has 2 heteroatoms. The van der Waals surface area contributed by atoms with E-state index in [1.54, 1.807) is 6.26 Å². The van der Waals surface area contributed by atoms with E-state index < -0.39 is 0 Å². The summed E-state index contributed by atoms with van der Waals surface area (Å²) in [6.07, 6.45) is 1.70. The summed E-state index contributed by atoms with van der Waals surface area (Å²) >= 11 is 0. The molecule has 0 aliphatic carbocycles. The largest absolute Gasteiger partial charge is 0.464 e. The van der Waals surface area contributed by atoms with Gasteiger partial charge >= 0.3 is 0 Å². The summed E-state index contributed by atoms with van der Waals surface area (Å²) in [4.78, 5) is 2.33. The summed E-state index contributed by atoms with van der Waals surface area (Å²) < 4.78 is 5.36. The van der Waals surface area contributed by atoms with Crippen LogP contribution in [0.4, 0.5) is 5.69 Å². The highest BCUT2D eigenvalue weighted by molar-refractivity contribution is 5.61. The molecule has 1 aromatic heterocycles. The van der Waals surface area contributed by atoms with Crippen LogP contribution in [0.25, 0.3) is 11.3 Å². The lowest BCUT2D eigenvalue weighted by Crippen LogP contribution is -2.21. The van der Waals surface area contributed by atoms with Gasteiger partial charge in [-0.2, -0.15) is 0 Å². The molecule has 1 heterocycles. The van der Waals surface area contributed by atoms with Gasteiger partial charge in [0.2, 0.25) is 0 Å². The highest BCUT2D eigenvalue weighted by Gasteiger charge is 2.03. The minimum atomic E-state index is 0.922. The lowest BCUT2D eigenvalue weighted by atomic mass is 10.1. The lowest BCUT2D eigenvalue weighted by Gasteiger charge is -2.20. The molecule has 2 rings (SSSR count). The minimum absolute atomic E-state index is 0.922. The van der Waals surface area contributed by atoms with Gasteiger partial charge in [0.05, 0.1) is 6.26 Å². The smallest absolute Gasteiger partial charge is 0.133 e. The molecule has 2 nitrogen and oxygen atoms in total. The maximum atomic E-state index is 5.36. The van der Waals surface area contributed by atoms with E-state index in [1.165, 1.54) is 5.69 Å². The fourth-order valence-electron chi connectivity index (χ4n) is 1.87. The predicted molar refractivity (Wildman–Crippen MR) is 67.7 cm³/mol. The first-order valence-electron chi connectivity index (χ1n) is 5.74. The average molecular weight is 215 g/mol. The van der Waals surface area contributed by atoms with Gasteiger partial charge in [-0.25, -0.2) is 0 Å². The van der Waals surface area contributed by atoms with Crippen LogP contribution in [0.1, 0.15) is 13.8 Å². The van der Waals surface area contributed by atoms with E-state index in [1.807, 2.05) is 12.1 Å². The third-order valence-electron chi connectivity index (χ3n) is 2.80. The van der Waals surface area contributed by atoms with Gasteiger partial charge in [0.15, 0.2) is 0 Å². The zero-order chi connectivity index (χ0) is 11.4. The van der Waals surface area contributed by atoms with Gasteiger partial charge in [-0.15, -0.1) is 0 Å². The summed E-state index contributed by atoms with van der Waals surface area (Å²) in [5.74, 6) is 0.922. The molecule has 0 N–H and O–H groups in total. The van der Waals surface area contributed by atoms with Crippen molar-refractivity contribution in [3.8, 4) is 11.3 Å². The van der Waals surface area contributed by atoms with Crippen molar-refractivity contribution in [2.75, 3.05) is 18.0 Å². The SMILES string of the molecule is CCN(CC)c1ccc(-c2ccco2)cc1. The molecule has 0 aliphatic heterocycles. The van der Waals surface area contributed by atoms with Crippen molar-refractivity contribution in [3.63, 3.8) is 0 Å². The molecule has 1 aromatic carbocycles. The normalized spacial score (nSPS) is 10.4. The number of hydrogen-bond donors (Lipinski definition) is 0. The fourth-order valence-corrected chi connectivity index (χ4v) is 1.87. The van der Waals surface area contributed by atoms with Gasteiger partial charge in [0, 0.05) is 24.3 Å². The van der Waals surface area contributed by atoms with Gasteiger partial charge in [-0.1, -0.05) is 0 Å². The molecule has 2 aromatic rings. The number of rotatable bonds is 4. The van der Waals surface area contributed by atoms with Crippen LogP contribution in [-0.2, 0) is 0 Å². The van der Waals surface area contributed by atoms with Crippen LogP contribution in [0.3, 0.4) is 0 Å². The Kier molecular flexibility index (Phi) is 3.30. The highest BCUT2D eigenvalue weighted by atomic mass is 16.3. The van der Waals surface area contributed by atoms with Crippen LogP contribution in [-0.4, -0.2) is 13.1 Å². The maximum Gasteiger partial charge on any atom is 0.133 e. The molecule has 0 fully saturated rings. The molecule has 0 unspecified atom stereocenters. The molecule has 0 bridgehead atoms. The van der Waals surface area contributed by atoms with Crippen LogP contribution in [0.5, 0.6) is 0 Å². The Morgan fingerprint density at radius 3 is 2.19 bits per heavy atom. The second kappa shape index (κ2) is 4.88. The van der Waals surface area contributed by atoms with Crippen molar-refractivity contribution in [1.82, 2.24) is 0 Å².